The van der Waals surface area contributed by atoms with Crippen LogP contribution in [0.5, 0.6) is 5.75 Å². The number of amides is 2. The van der Waals surface area contributed by atoms with Crippen molar-refractivity contribution in [3.63, 3.8) is 0 Å². The van der Waals surface area contributed by atoms with Gasteiger partial charge in [0, 0.05) is 19.5 Å². The monoisotopic (exact) mass is 346 g/mol. The molecular formula is C19H26N2O4. The highest BCUT2D eigenvalue weighted by Gasteiger charge is 2.51. The van der Waals surface area contributed by atoms with E-state index < -0.39 is 6.10 Å². The summed E-state index contributed by atoms with van der Waals surface area (Å²) < 4.78 is 0. The topological polar surface area (TPSA) is 89.9 Å². The molecule has 0 aromatic heterocycles. The molecular weight excluding hydrogens is 320 g/mol. The number of hydrogen-bond acceptors (Lipinski definition) is 4. The van der Waals surface area contributed by atoms with Crippen LogP contribution in [0.4, 0.5) is 0 Å². The number of nitrogens with zero attached hydrogens (tertiary/aromatic N) is 1. The van der Waals surface area contributed by atoms with Crippen molar-refractivity contribution in [1.29, 1.82) is 0 Å². The van der Waals surface area contributed by atoms with Gasteiger partial charge in [-0.2, -0.15) is 0 Å². The number of carbonyl (C=O) groups excluding carboxylic acids is 2. The molecule has 25 heavy (non-hydrogen) atoms. The average Bonchev–Trinajstić information content (AvgIpc) is 3.16. The minimum atomic E-state index is -0.432. The molecule has 1 aliphatic carbocycles. The number of hydrogen-bond donors (Lipinski definition) is 3. The van der Waals surface area contributed by atoms with E-state index in [4.69, 9.17) is 0 Å². The van der Waals surface area contributed by atoms with Crippen LogP contribution in [-0.2, 0) is 4.79 Å². The van der Waals surface area contributed by atoms with Crippen LogP contribution in [0, 0.1) is 6.92 Å². The zero-order valence-electron chi connectivity index (χ0n) is 14.6. The zero-order chi connectivity index (χ0) is 18.0. The lowest BCUT2D eigenvalue weighted by Crippen LogP contribution is -2.51. The van der Waals surface area contributed by atoms with E-state index in [0.717, 1.165) is 31.2 Å². The fraction of sp³-hybridized carbons (Fsp3) is 0.579. The minimum absolute atomic E-state index is 0.0214. The number of likely N-dealkylation sites (tertiary alicyclic amines) is 1. The predicted octanol–water partition coefficient (Wildman–Crippen LogP) is 1.73. The summed E-state index contributed by atoms with van der Waals surface area (Å²) in [5, 5.41) is 22.9. The highest BCUT2D eigenvalue weighted by atomic mass is 16.3. The lowest BCUT2D eigenvalue weighted by Gasteiger charge is -2.37. The Morgan fingerprint density at radius 1 is 1.32 bits per heavy atom. The van der Waals surface area contributed by atoms with E-state index in [2.05, 4.69) is 5.32 Å². The van der Waals surface area contributed by atoms with E-state index in [1.807, 2.05) is 11.8 Å². The third kappa shape index (κ3) is 3.35. The van der Waals surface area contributed by atoms with Crippen LogP contribution < -0.4 is 5.32 Å². The number of rotatable bonds is 4. The van der Waals surface area contributed by atoms with Gasteiger partial charge < -0.3 is 20.4 Å². The molecule has 1 atom stereocenters. The Labute approximate surface area is 147 Å². The second kappa shape index (κ2) is 7.04. The van der Waals surface area contributed by atoms with Gasteiger partial charge in [0.25, 0.3) is 5.91 Å². The standard InChI is InChI=1S/C19H26N2O4/c1-13-4-5-14(15(22)12-13)18(25)20-10-6-17(24)21-11-7-16(23)19(21)8-2-3-9-19/h4-5,12,16,22-23H,2-3,6-11H2,1H3,(H,20,25). The van der Waals surface area contributed by atoms with E-state index in [9.17, 15) is 19.8 Å². The number of aromatic hydroxyl groups is 1. The molecule has 6 nitrogen and oxygen atoms in total. The fourth-order valence-electron chi connectivity index (χ4n) is 4.23. The first kappa shape index (κ1) is 17.7. The maximum Gasteiger partial charge on any atom is 0.255 e. The van der Waals surface area contributed by atoms with Crippen molar-refractivity contribution in [2.75, 3.05) is 13.1 Å². The molecule has 1 heterocycles. The Hall–Kier alpha value is -2.08. The highest BCUT2D eigenvalue weighted by Crippen LogP contribution is 2.43. The SMILES string of the molecule is Cc1ccc(C(=O)NCCC(=O)N2CCC(O)C23CCCC3)c(O)c1. The Balaban J connectivity index is 1.55. The number of aliphatic hydroxyl groups is 1. The van der Waals surface area contributed by atoms with E-state index >= 15 is 0 Å². The summed E-state index contributed by atoms with van der Waals surface area (Å²) in [6.45, 7) is 2.64. The fourth-order valence-corrected chi connectivity index (χ4v) is 4.23. The van der Waals surface area contributed by atoms with Crippen molar-refractivity contribution < 1.29 is 19.8 Å². The third-order valence-electron chi connectivity index (χ3n) is 5.58. The van der Waals surface area contributed by atoms with Gasteiger partial charge in [0.2, 0.25) is 5.91 Å². The first-order chi connectivity index (χ1) is 11.9. The summed E-state index contributed by atoms with van der Waals surface area (Å²) in [5.74, 6) is -0.467. The van der Waals surface area contributed by atoms with Gasteiger partial charge in [0.15, 0.2) is 0 Å². The summed E-state index contributed by atoms with van der Waals surface area (Å²) >= 11 is 0. The molecule has 1 spiro atoms. The Morgan fingerprint density at radius 2 is 2.04 bits per heavy atom. The van der Waals surface area contributed by atoms with Gasteiger partial charge in [-0.3, -0.25) is 9.59 Å². The lowest BCUT2D eigenvalue weighted by atomic mass is 9.91. The predicted molar refractivity (Wildman–Crippen MR) is 93.3 cm³/mol. The quantitative estimate of drug-likeness (QED) is 0.774. The maximum absolute atomic E-state index is 12.6. The molecule has 2 amide bonds. The largest absolute Gasteiger partial charge is 0.507 e. The van der Waals surface area contributed by atoms with Crippen LogP contribution in [0.2, 0.25) is 0 Å². The van der Waals surface area contributed by atoms with E-state index in [1.165, 1.54) is 6.07 Å². The Morgan fingerprint density at radius 3 is 2.72 bits per heavy atom. The van der Waals surface area contributed by atoms with Crippen molar-refractivity contribution in [1.82, 2.24) is 10.2 Å². The van der Waals surface area contributed by atoms with Gasteiger partial charge in [-0.1, -0.05) is 18.9 Å². The van der Waals surface area contributed by atoms with Crippen molar-refractivity contribution in [3.8, 4) is 5.75 Å². The second-order valence-electron chi connectivity index (χ2n) is 7.19. The number of benzene rings is 1. The minimum Gasteiger partial charge on any atom is -0.507 e. The number of aliphatic hydroxyl groups excluding tert-OH is 1. The smallest absolute Gasteiger partial charge is 0.255 e. The van der Waals surface area contributed by atoms with E-state index in [-0.39, 0.29) is 41.6 Å². The summed E-state index contributed by atoms with van der Waals surface area (Å²) in [7, 11) is 0. The summed E-state index contributed by atoms with van der Waals surface area (Å²) in [6, 6.07) is 4.87. The highest BCUT2D eigenvalue weighted by molar-refractivity contribution is 5.97. The molecule has 1 unspecified atom stereocenters. The number of aryl methyl sites for hydroxylation is 1. The van der Waals surface area contributed by atoms with Crippen molar-refractivity contribution in [2.45, 2.75) is 57.1 Å². The van der Waals surface area contributed by atoms with Crippen LogP contribution in [0.25, 0.3) is 0 Å². The molecule has 1 aromatic rings. The Bertz CT molecular complexity index is 667. The van der Waals surface area contributed by atoms with Gasteiger partial charge >= 0.3 is 0 Å². The summed E-state index contributed by atoms with van der Waals surface area (Å²) in [5.41, 5.74) is 0.705. The van der Waals surface area contributed by atoms with Gasteiger partial charge in [-0.05, 0) is 43.9 Å². The number of phenolic OH excluding ortho intramolecular Hbond substituents is 1. The summed E-state index contributed by atoms with van der Waals surface area (Å²) in [4.78, 5) is 26.6. The maximum atomic E-state index is 12.6. The molecule has 0 bridgehead atoms. The molecule has 1 saturated carbocycles. The molecule has 2 fully saturated rings. The molecule has 3 rings (SSSR count). The second-order valence-corrected chi connectivity index (χ2v) is 7.19. The zero-order valence-corrected chi connectivity index (χ0v) is 14.6. The molecule has 3 N–H and O–H groups in total. The first-order valence-corrected chi connectivity index (χ1v) is 9.00. The lowest BCUT2D eigenvalue weighted by molar-refractivity contribution is -0.137. The van der Waals surface area contributed by atoms with E-state index in [0.29, 0.717) is 13.0 Å². The van der Waals surface area contributed by atoms with Gasteiger partial charge in [0.05, 0.1) is 17.2 Å². The first-order valence-electron chi connectivity index (χ1n) is 9.00. The van der Waals surface area contributed by atoms with Crippen LogP contribution in [0.15, 0.2) is 18.2 Å². The normalized spacial score (nSPS) is 21.7. The number of carbonyl (C=O) groups is 2. The number of phenols is 1. The van der Waals surface area contributed by atoms with Gasteiger partial charge in [-0.15, -0.1) is 0 Å². The van der Waals surface area contributed by atoms with Gasteiger partial charge in [-0.25, -0.2) is 0 Å². The molecule has 136 valence electrons. The average molecular weight is 346 g/mol. The molecule has 1 aromatic carbocycles. The van der Waals surface area contributed by atoms with Crippen molar-refractivity contribution in [2.24, 2.45) is 0 Å². The van der Waals surface area contributed by atoms with Gasteiger partial charge in [0.1, 0.15) is 5.75 Å². The molecule has 2 aliphatic rings. The third-order valence-corrected chi connectivity index (χ3v) is 5.58. The molecule has 6 heteroatoms. The molecule has 0 radical (unpaired) electrons. The van der Waals surface area contributed by atoms with Crippen LogP contribution in [0.1, 0.15) is 54.4 Å². The Kier molecular flexibility index (Phi) is 4.99. The van der Waals surface area contributed by atoms with Crippen LogP contribution in [-0.4, -0.2) is 51.7 Å². The number of nitrogens with one attached hydrogen (secondary N) is 1. The van der Waals surface area contributed by atoms with Crippen LogP contribution >= 0.6 is 0 Å². The van der Waals surface area contributed by atoms with Crippen molar-refractivity contribution in [3.05, 3.63) is 29.3 Å². The van der Waals surface area contributed by atoms with Crippen LogP contribution in [0.3, 0.4) is 0 Å². The molecule has 1 aliphatic heterocycles. The van der Waals surface area contributed by atoms with E-state index in [1.54, 1.807) is 12.1 Å². The van der Waals surface area contributed by atoms with Crippen molar-refractivity contribution >= 4 is 11.8 Å². The summed E-state index contributed by atoms with van der Waals surface area (Å²) in [6.07, 6.45) is 4.22. The molecule has 1 saturated heterocycles.